The normalized spacial score (nSPS) is 15.9. The molecule has 0 spiro atoms. The Hall–Kier alpha value is -3.85. The molecule has 0 aliphatic carbocycles. The lowest BCUT2D eigenvalue weighted by Crippen LogP contribution is -2.46. The monoisotopic (exact) mass is 478 g/mol. The standard InChI is InChI=1S/C26H30N4O5/c1-16-8-6-9-19(14-16)24-28-25(35-29-24)22-17(2)30(12-7-13-32-3)26(31)27-23(22)18-10-11-20(33-4)21(15-18)34-5/h6,8-11,14-15,23H,7,12-13H2,1-5H3,(H,27,31). The summed E-state index contributed by atoms with van der Waals surface area (Å²) >= 11 is 0. The Morgan fingerprint density at radius 3 is 2.57 bits per heavy atom. The van der Waals surface area contributed by atoms with Crippen molar-refractivity contribution in [3.63, 3.8) is 0 Å². The molecule has 1 N–H and O–H groups in total. The zero-order valence-corrected chi connectivity index (χ0v) is 20.6. The van der Waals surface area contributed by atoms with Crippen LogP contribution in [0.25, 0.3) is 17.0 Å². The maximum atomic E-state index is 13.1. The fourth-order valence-electron chi connectivity index (χ4n) is 4.21. The highest BCUT2D eigenvalue weighted by atomic mass is 16.5. The summed E-state index contributed by atoms with van der Waals surface area (Å²) in [5, 5.41) is 7.33. The average molecular weight is 479 g/mol. The molecular weight excluding hydrogens is 448 g/mol. The van der Waals surface area contributed by atoms with Gasteiger partial charge in [0, 0.05) is 31.5 Å². The fraction of sp³-hybridized carbons (Fsp3) is 0.346. The van der Waals surface area contributed by atoms with Crippen molar-refractivity contribution in [1.29, 1.82) is 0 Å². The van der Waals surface area contributed by atoms with E-state index in [1.165, 1.54) is 0 Å². The van der Waals surface area contributed by atoms with Gasteiger partial charge in [0.05, 0.1) is 25.8 Å². The molecule has 3 aromatic rings. The van der Waals surface area contributed by atoms with Crippen LogP contribution in [0.2, 0.25) is 0 Å². The number of rotatable bonds is 9. The maximum absolute atomic E-state index is 13.1. The van der Waals surface area contributed by atoms with E-state index < -0.39 is 6.04 Å². The molecule has 1 aliphatic rings. The van der Waals surface area contributed by atoms with Crippen molar-refractivity contribution in [2.24, 2.45) is 0 Å². The largest absolute Gasteiger partial charge is 0.493 e. The van der Waals surface area contributed by atoms with Gasteiger partial charge in [-0.15, -0.1) is 0 Å². The minimum absolute atomic E-state index is 0.208. The Kier molecular flexibility index (Phi) is 7.36. The number of hydrogen-bond donors (Lipinski definition) is 1. The van der Waals surface area contributed by atoms with Gasteiger partial charge in [-0.25, -0.2) is 4.79 Å². The van der Waals surface area contributed by atoms with Crippen LogP contribution in [-0.4, -0.2) is 55.6 Å². The van der Waals surface area contributed by atoms with Gasteiger partial charge >= 0.3 is 6.03 Å². The molecule has 1 aromatic heterocycles. The van der Waals surface area contributed by atoms with Gasteiger partial charge in [0.15, 0.2) is 11.5 Å². The van der Waals surface area contributed by atoms with E-state index in [1.807, 2.05) is 56.3 Å². The number of amides is 2. The molecule has 9 heteroatoms. The number of aromatic nitrogens is 2. The number of carbonyl (C=O) groups is 1. The van der Waals surface area contributed by atoms with E-state index in [-0.39, 0.29) is 6.03 Å². The van der Waals surface area contributed by atoms with Crippen LogP contribution in [0, 0.1) is 6.92 Å². The number of ether oxygens (including phenoxy) is 3. The summed E-state index contributed by atoms with van der Waals surface area (Å²) in [6.45, 7) is 4.94. The van der Waals surface area contributed by atoms with Crippen LogP contribution >= 0.6 is 0 Å². The third kappa shape index (κ3) is 5.00. The van der Waals surface area contributed by atoms with Gasteiger partial charge in [-0.3, -0.25) is 4.90 Å². The SMILES string of the molecule is COCCCN1C(=O)NC(c2ccc(OC)c(OC)c2)C(c2nc(-c3cccc(C)c3)no2)=C1C. The zero-order chi connectivity index (χ0) is 24.9. The number of benzene rings is 2. The van der Waals surface area contributed by atoms with Crippen LogP contribution in [0.1, 0.15) is 36.4 Å². The first-order valence-electron chi connectivity index (χ1n) is 11.4. The summed E-state index contributed by atoms with van der Waals surface area (Å²) in [5.74, 6) is 1.99. The van der Waals surface area contributed by atoms with E-state index in [0.29, 0.717) is 42.8 Å². The quantitative estimate of drug-likeness (QED) is 0.449. The Balaban J connectivity index is 1.80. The topological polar surface area (TPSA) is 99.0 Å². The summed E-state index contributed by atoms with van der Waals surface area (Å²) < 4.78 is 21.8. The van der Waals surface area contributed by atoms with E-state index in [4.69, 9.17) is 23.7 Å². The first-order valence-corrected chi connectivity index (χ1v) is 11.4. The molecule has 184 valence electrons. The summed E-state index contributed by atoms with van der Waals surface area (Å²) in [5.41, 5.74) is 4.22. The van der Waals surface area contributed by atoms with E-state index in [0.717, 1.165) is 28.0 Å². The molecule has 1 atom stereocenters. The first-order chi connectivity index (χ1) is 17.0. The molecule has 35 heavy (non-hydrogen) atoms. The Bertz CT molecular complexity index is 1240. The molecule has 0 saturated carbocycles. The summed E-state index contributed by atoms with van der Waals surface area (Å²) in [7, 11) is 4.80. The molecule has 2 aromatic carbocycles. The highest BCUT2D eigenvalue weighted by Gasteiger charge is 2.36. The lowest BCUT2D eigenvalue weighted by Gasteiger charge is -2.35. The molecule has 1 aliphatic heterocycles. The van der Waals surface area contributed by atoms with Crippen molar-refractivity contribution in [2.45, 2.75) is 26.3 Å². The molecule has 2 amide bonds. The van der Waals surface area contributed by atoms with Crippen LogP contribution < -0.4 is 14.8 Å². The zero-order valence-electron chi connectivity index (χ0n) is 20.6. The number of hydrogen-bond acceptors (Lipinski definition) is 7. The van der Waals surface area contributed by atoms with Crippen LogP contribution in [-0.2, 0) is 4.74 Å². The van der Waals surface area contributed by atoms with Gasteiger partial charge in [0.25, 0.3) is 5.89 Å². The molecule has 0 bridgehead atoms. The Morgan fingerprint density at radius 2 is 1.86 bits per heavy atom. The number of urea groups is 1. The fourth-order valence-corrected chi connectivity index (χ4v) is 4.21. The van der Waals surface area contributed by atoms with Crippen LogP contribution in [0.5, 0.6) is 11.5 Å². The van der Waals surface area contributed by atoms with Crippen molar-refractivity contribution >= 4 is 11.6 Å². The van der Waals surface area contributed by atoms with Crippen molar-refractivity contribution in [2.75, 3.05) is 34.5 Å². The van der Waals surface area contributed by atoms with Gasteiger partial charge in [-0.05, 0) is 44.0 Å². The average Bonchev–Trinajstić information content (AvgIpc) is 3.35. The molecule has 0 radical (unpaired) electrons. The highest BCUT2D eigenvalue weighted by Crippen LogP contribution is 2.40. The predicted octanol–water partition coefficient (Wildman–Crippen LogP) is 4.60. The van der Waals surface area contributed by atoms with Crippen LogP contribution in [0.4, 0.5) is 4.79 Å². The number of aryl methyl sites for hydroxylation is 1. The second-order valence-corrected chi connectivity index (χ2v) is 8.29. The van der Waals surface area contributed by atoms with Gasteiger partial charge in [0.1, 0.15) is 0 Å². The summed E-state index contributed by atoms with van der Waals surface area (Å²) in [4.78, 5) is 19.5. The van der Waals surface area contributed by atoms with Crippen molar-refractivity contribution in [1.82, 2.24) is 20.4 Å². The van der Waals surface area contributed by atoms with E-state index >= 15 is 0 Å². The van der Waals surface area contributed by atoms with Gasteiger partial charge in [-0.1, -0.05) is 35.0 Å². The van der Waals surface area contributed by atoms with Crippen molar-refractivity contribution in [3.05, 3.63) is 65.2 Å². The number of allylic oxidation sites excluding steroid dienone is 1. The summed E-state index contributed by atoms with van der Waals surface area (Å²) in [6.07, 6.45) is 0.688. The molecule has 9 nitrogen and oxygen atoms in total. The molecule has 1 unspecified atom stereocenters. The van der Waals surface area contributed by atoms with Crippen LogP contribution in [0.3, 0.4) is 0 Å². The lowest BCUT2D eigenvalue weighted by molar-refractivity contribution is 0.174. The first kappa shape index (κ1) is 24.3. The van der Waals surface area contributed by atoms with E-state index in [2.05, 4.69) is 10.5 Å². The minimum atomic E-state index is -0.521. The molecular formula is C26H30N4O5. The molecule has 2 heterocycles. The second-order valence-electron chi connectivity index (χ2n) is 8.29. The number of nitrogens with zero attached hydrogens (tertiary/aromatic N) is 3. The van der Waals surface area contributed by atoms with Crippen molar-refractivity contribution in [3.8, 4) is 22.9 Å². The number of methoxy groups -OCH3 is 3. The Labute approximate surface area is 204 Å². The third-order valence-corrected chi connectivity index (χ3v) is 6.00. The van der Waals surface area contributed by atoms with Crippen LogP contribution in [0.15, 0.2) is 52.7 Å². The lowest BCUT2D eigenvalue weighted by atomic mass is 9.94. The molecule has 0 fully saturated rings. The van der Waals surface area contributed by atoms with Gasteiger partial charge < -0.3 is 24.1 Å². The smallest absolute Gasteiger partial charge is 0.322 e. The van der Waals surface area contributed by atoms with Crippen molar-refractivity contribution < 1.29 is 23.5 Å². The Morgan fingerprint density at radius 1 is 1.06 bits per heavy atom. The van der Waals surface area contributed by atoms with E-state index in [1.54, 1.807) is 26.2 Å². The molecule has 0 saturated heterocycles. The number of nitrogens with one attached hydrogen (secondary N) is 1. The number of carbonyl (C=O) groups excluding carboxylic acids is 1. The highest BCUT2D eigenvalue weighted by molar-refractivity contribution is 5.87. The third-order valence-electron chi connectivity index (χ3n) is 6.00. The van der Waals surface area contributed by atoms with E-state index in [9.17, 15) is 4.79 Å². The predicted molar refractivity (Wildman–Crippen MR) is 131 cm³/mol. The second kappa shape index (κ2) is 10.6. The van der Waals surface area contributed by atoms with Gasteiger partial charge in [-0.2, -0.15) is 4.98 Å². The molecule has 4 rings (SSSR count). The maximum Gasteiger partial charge on any atom is 0.322 e. The van der Waals surface area contributed by atoms with Gasteiger partial charge in [0.2, 0.25) is 5.82 Å². The summed E-state index contributed by atoms with van der Waals surface area (Å²) in [6, 6.07) is 12.7. The minimum Gasteiger partial charge on any atom is -0.493 e.